The van der Waals surface area contributed by atoms with Gasteiger partial charge in [-0.3, -0.25) is 4.79 Å². The zero-order valence-electron chi connectivity index (χ0n) is 7.96. The van der Waals surface area contributed by atoms with Gasteiger partial charge >= 0.3 is 0 Å². The fraction of sp³-hybridized carbons (Fsp3) is 0.300. The Bertz CT molecular complexity index is 321. The van der Waals surface area contributed by atoms with Crippen LogP contribution in [-0.4, -0.2) is 18.5 Å². The Morgan fingerprint density at radius 3 is 2.69 bits per heavy atom. The number of hydrogen-bond acceptors (Lipinski definition) is 3. The van der Waals surface area contributed by atoms with Crippen molar-refractivity contribution >= 4 is 16.9 Å². The summed E-state index contributed by atoms with van der Waals surface area (Å²) in [6.07, 6.45) is 1.77. The fourth-order valence-electron chi connectivity index (χ4n) is 1.09. The normalized spacial score (nSPS) is 9.77. The Morgan fingerprint density at radius 2 is 2.15 bits per heavy atom. The molecular weight excluding hydrogens is 184 g/mol. The van der Waals surface area contributed by atoms with E-state index < -0.39 is 0 Å². The van der Waals surface area contributed by atoms with Crippen LogP contribution in [0, 0.1) is 6.92 Å². The smallest absolute Gasteiger partial charge is 0.222 e. The first-order valence-corrected chi connectivity index (χ1v) is 5.14. The molecule has 0 spiro atoms. The molecule has 0 atom stereocenters. The lowest BCUT2D eigenvalue weighted by Crippen LogP contribution is -1.97. The minimum atomic E-state index is 0.0422. The molecule has 1 aromatic carbocycles. The average molecular weight is 196 g/mol. The van der Waals surface area contributed by atoms with Crippen molar-refractivity contribution in [3.63, 3.8) is 0 Å². The molecule has 0 N–H and O–H groups in total. The largest absolute Gasteiger partial charge is 0.496 e. The Labute approximate surface area is 82.3 Å². The van der Waals surface area contributed by atoms with E-state index in [0.717, 1.165) is 5.56 Å². The number of hydrogen-bond donors (Lipinski definition) is 0. The van der Waals surface area contributed by atoms with Gasteiger partial charge in [-0.1, -0.05) is 23.4 Å². The highest BCUT2D eigenvalue weighted by atomic mass is 32.2. The van der Waals surface area contributed by atoms with Crippen molar-refractivity contribution in [2.45, 2.75) is 6.92 Å². The summed E-state index contributed by atoms with van der Waals surface area (Å²) in [5.74, 6) is 0.643. The van der Waals surface area contributed by atoms with Crippen LogP contribution in [0.3, 0.4) is 0 Å². The lowest BCUT2D eigenvalue weighted by molar-refractivity contribution is 0.108. The molecule has 1 rings (SSSR count). The Morgan fingerprint density at radius 1 is 1.46 bits per heavy atom. The van der Waals surface area contributed by atoms with Crippen LogP contribution >= 0.6 is 11.8 Å². The number of aryl methyl sites for hydroxylation is 1. The first-order valence-electron chi connectivity index (χ1n) is 3.92. The van der Waals surface area contributed by atoms with Crippen LogP contribution in [0.5, 0.6) is 5.75 Å². The number of carbonyl (C=O) groups is 1. The molecular formula is C10H12O2S. The molecule has 0 aliphatic rings. The van der Waals surface area contributed by atoms with E-state index in [-0.39, 0.29) is 5.12 Å². The predicted molar refractivity (Wildman–Crippen MR) is 55.6 cm³/mol. The summed E-state index contributed by atoms with van der Waals surface area (Å²) >= 11 is 1.20. The minimum absolute atomic E-state index is 0.0422. The fourth-order valence-corrected chi connectivity index (χ4v) is 1.47. The minimum Gasteiger partial charge on any atom is -0.496 e. The van der Waals surface area contributed by atoms with Crippen molar-refractivity contribution in [1.82, 2.24) is 0 Å². The molecule has 0 amide bonds. The lowest BCUT2D eigenvalue weighted by atomic mass is 10.1. The summed E-state index contributed by atoms with van der Waals surface area (Å²) in [4.78, 5) is 11.4. The number of ether oxygens (including phenoxy) is 1. The molecule has 0 heterocycles. The van der Waals surface area contributed by atoms with E-state index >= 15 is 0 Å². The Balaban J connectivity index is 3.15. The third-order valence-corrected chi connectivity index (χ3v) is 2.35. The summed E-state index contributed by atoms with van der Waals surface area (Å²) in [6, 6.07) is 5.59. The SMILES string of the molecule is COc1ccc(C)cc1C(=O)SC. The number of methoxy groups -OCH3 is 1. The number of thioether (sulfide) groups is 1. The predicted octanol–water partition coefficient (Wildman–Crippen LogP) is 2.51. The molecule has 0 aliphatic carbocycles. The summed E-state index contributed by atoms with van der Waals surface area (Å²) < 4.78 is 5.09. The molecule has 0 aliphatic heterocycles. The van der Waals surface area contributed by atoms with Crippen molar-refractivity contribution in [3.8, 4) is 5.75 Å². The van der Waals surface area contributed by atoms with Crippen LogP contribution in [0.25, 0.3) is 0 Å². The van der Waals surface area contributed by atoms with Gasteiger partial charge in [0.1, 0.15) is 5.75 Å². The molecule has 0 saturated heterocycles. The maximum Gasteiger partial charge on any atom is 0.222 e. The van der Waals surface area contributed by atoms with Gasteiger partial charge < -0.3 is 4.74 Å². The molecule has 0 unspecified atom stereocenters. The zero-order valence-corrected chi connectivity index (χ0v) is 8.77. The maximum absolute atomic E-state index is 11.4. The van der Waals surface area contributed by atoms with E-state index in [1.807, 2.05) is 25.1 Å². The monoisotopic (exact) mass is 196 g/mol. The Kier molecular flexibility index (Phi) is 3.37. The highest BCUT2D eigenvalue weighted by Crippen LogP contribution is 2.23. The summed E-state index contributed by atoms with van der Waals surface area (Å²) in [5.41, 5.74) is 1.72. The second kappa shape index (κ2) is 4.33. The summed E-state index contributed by atoms with van der Waals surface area (Å²) in [7, 11) is 1.57. The highest BCUT2D eigenvalue weighted by molar-refractivity contribution is 8.13. The van der Waals surface area contributed by atoms with Gasteiger partial charge in [-0.25, -0.2) is 0 Å². The van der Waals surface area contributed by atoms with E-state index in [2.05, 4.69) is 0 Å². The number of carbonyl (C=O) groups excluding carboxylic acids is 1. The van der Waals surface area contributed by atoms with Crippen molar-refractivity contribution in [1.29, 1.82) is 0 Å². The van der Waals surface area contributed by atoms with Gasteiger partial charge in [0.15, 0.2) is 0 Å². The van der Waals surface area contributed by atoms with E-state index in [4.69, 9.17) is 4.74 Å². The maximum atomic E-state index is 11.4. The van der Waals surface area contributed by atoms with E-state index in [0.29, 0.717) is 11.3 Å². The van der Waals surface area contributed by atoms with Gasteiger partial charge in [0, 0.05) is 0 Å². The van der Waals surface area contributed by atoms with Gasteiger partial charge in [-0.15, -0.1) is 0 Å². The first kappa shape index (κ1) is 10.1. The van der Waals surface area contributed by atoms with Gasteiger partial charge in [0.2, 0.25) is 5.12 Å². The third-order valence-electron chi connectivity index (χ3n) is 1.76. The second-order valence-corrected chi connectivity index (χ2v) is 3.47. The first-order chi connectivity index (χ1) is 6.19. The van der Waals surface area contributed by atoms with Crippen LogP contribution in [0.1, 0.15) is 15.9 Å². The van der Waals surface area contributed by atoms with Crippen LogP contribution in [0.2, 0.25) is 0 Å². The molecule has 13 heavy (non-hydrogen) atoms. The van der Waals surface area contributed by atoms with E-state index in [9.17, 15) is 4.79 Å². The van der Waals surface area contributed by atoms with Gasteiger partial charge in [0.25, 0.3) is 0 Å². The molecule has 0 aromatic heterocycles. The Hall–Kier alpha value is -0.960. The van der Waals surface area contributed by atoms with Crippen LogP contribution in [-0.2, 0) is 0 Å². The summed E-state index contributed by atoms with van der Waals surface area (Å²) in [6.45, 7) is 1.95. The standard InChI is InChI=1S/C10H12O2S/c1-7-4-5-9(12-2)8(6-7)10(11)13-3/h4-6H,1-3H3. The second-order valence-electron chi connectivity index (χ2n) is 2.70. The van der Waals surface area contributed by atoms with Gasteiger partial charge in [0.05, 0.1) is 12.7 Å². The summed E-state index contributed by atoms with van der Waals surface area (Å²) in [5, 5.41) is 0.0422. The van der Waals surface area contributed by atoms with Crippen molar-refractivity contribution in [3.05, 3.63) is 29.3 Å². The van der Waals surface area contributed by atoms with Crippen LogP contribution in [0.4, 0.5) is 0 Å². The van der Waals surface area contributed by atoms with Gasteiger partial charge in [-0.05, 0) is 25.3 Å². The zero-order chi connectivity index (χ0) is 9.84. The molecule has 70 valence electrons. The van der Waals surface area contributed by atoms with Gasteiger partial charge in [-0.2, -0.15) is 0 Å². The van der Waals surface area contributed by atoms with Crippen LogP contribution < -0.4 is 4.74 Å². The van der Waals surface area contributed by atoms with Crippen molar-refractivity contribution < 1.29 is 9.53 Å². The number of rotatable bonds is 2. The molecule has 0 bridgehead atoms. The van der Waals surface area contributed by atoms with Crippen molar-refractivity contribution in [2.75, 3.05) is 13.4 Å². The van der Waals surface area contributed by atoms with Crippen LogP contribution in [0.15, 0.2) is 18.2 Å². The molecule has 2 nitrogen and oxygen atoms in total. The number of benzene rings is 1. The average Bonchev–Trinajstić information content (AvgIpc) is 2.16. The quantitative estimate of drug-likeness (QED) is 0.727. The molecule has 0 fully saturated rings. The lowest BCUT2D eigenvalue weighted by Gasteiger charge is -2.06. The topological polar surface area (TPSA) is 26.3 Å². The third kappa shape index (κ3) is 2.25. The highest BCUT2D eigenvalue weighted by Gasteiger charge is 2.10. The molecule has 1 aromatic rings. The van der Waals surface area contributed by atoms with E-state index in [1.54, 1.807) is 13.4 Å². The molecule has 3 heteroatoms. The van der Waals surface area contributed by atoms with Crippen molar-refractivity contribution in [2.24, 2.45) is 0 Å². The molecule has 0 radical (unpaired) electrons. The van der Waals surface area contributed by atoms with E-state index in [1.165, 1.54) is 11.8 Å². The molecule has 0 saturated carbocycles.